The Balaban J connectivity index is 1.95. The molecule has 2 N–H and O–H groups in total. The third-order valence-electron chi connectivity index (χ3n) is 4.28. The number of aliphatic hydroxyl groups excluding tert-OH is 1. The van der Waals surface area contributed by atoms with Gasteiger partial charge in [-0.05, 0) is 31.5 Å². The summed E-state index contributed by atoms with van der Waals surface area (Å²) in [5.74, 6) is -1.30. The monoisotopic (exact) mass is 378 g/mol. The number of carbonyl (C=O) groups is 1. The van der Waals surface area contributed by atoms with Crippen LogP contribution in [0.2, 0.25) is 0 Å². The average Bonchev–Trinajstić information content (AvgIpc) is 2.62. The van der Waals surface area contributed by atoms with Crippen LogP contribution in [0.1, 0.15) is 29.6 Å². The second-order valence-corrected chi connectivity index (χ2v) is 6.08. The minimum atomic E-state index is -4.68. The number of likely N-dealkylation sites (tertiary alicyclic amines) is 1. The molecule has 26 heavy (non-hydrogen) atoms. The number of amides is 1. The standard InChI is InChI=1S/C17H22F4N2O3/c18-16(19)17(20,21)26-14-7-2-1-6-13(14)15(25)22-8-10-23-9-4-3-5-12(23)11-24/h1-2,6-7,12,16,24H,3-5,8-11H2,(H,22,25)/t12-/m0/s1. The van der Waals surface area contributed by atoms with Gasteiger partial charge in [0.1, 0.15) is 5.75 Å². The van der Waals surface area contributed by atoms with Crippen molar-refractivity contribution >= 4 is 5.91 Å². The average molecular weight is 378 g/mol. The normalized spacial score (nSPS) is 18.8. The highest BCUT2D eigenvalue weighted by Crippen LogP contribution is 2.29. The Labute approximate surface area is 148 Å². The molecule has 1 amide bonds. The highest BCUT2D eigenvalue weighted by atomic mass is 19.3. The topological polar surface area (TPSA) is 61.8 Å². The molecule has 0 aromatic heterocycles. The molecular formula is C17H22F4N2O3. The molecule has 146 valence electrons. The summed E-state index contributed by atoms with van der Waals surface area (Å²) in [6.07, 6.45) is -5.77. The molecule has 1 aromatic rings. The number of nitrogens with one attached hydrogen (secondary N) is 1. The number of carbonyl (C=O) groups excluding carboxylic acids is 1. The van der Waals surface area contributed by atoms with Crippen LogP contribution in [-0.4, -0.2) is 60.7 Å². The van der Waals surface area contributed by atoms with Crippen molar-refractivity contribution in [2.75, 3.05) is 26.2 Å². The van der Waals surface area contributed by atoms with E-state index in [0.29, 0.717) is 6.54 Å². The molecule has 0 bridgehead atoms. The number of hydrogen-bond acceptors (Lipinski definition) is 4. The number of nitrogens with zero attached hydrogens (tertiary/aromatic N) is 1. The van der Waals surface area contributed by atoms with Gasteiger partial charge in [0.25, 0.3) is 5.91 Å². The summed E-state index contributed by atoms with van der Waals surface area (Å²) < 4.78 is 54.9. The molecule has 1 heterocycles. The SMILES string of the molecule is O=C(NCCN1CCCC[C@H]1CO)c1ccccc1OC(F)(F)C(F)F. The summed E-state index contributed by atoms with van der Waals surface area (Å²) >= 11 is 0. The van der Waals surface area contributed by atoms with Crippen molar-refractivity contribution in [3.05, 3.63) is 29.8 Å². The van der Waals surface area contributed by atoms with E-state index in [-0.39, 0.29) is 24.8 Å². The molecule has 1 aliphatic rings. The van der Waals surface area contributed by atoms with Crippen LogP contribution in [0.15, 0.2) is 24.3 Å². The molecule has 0 saturated carbocycles. The molecule has 9 heteroatoms. The van der Waals surface area contributed by atoms with Gasteiger partial charge in [-0.3, -0.25) is 9.69 Å². The fourth-order valence-electron chi connectivity index (χ4n) is 2.90. The Kier molecular flexibility index (Phi) is 7.22. The lowest BCUT2D eigenvalue weighted by Gasteiger charge is -2.34. The first kappa shape index (κ1) is 20.4. The first-order valence-electron chi connectivity index (χ1n) is 8.42. The first-order valence-corrected chi connectivity index (χ1v) is 8.42. The smallest absolute Gasteiger partial charge is 0.427 e. The summed E-state index contributed by atoms with van der Waals surface area (Å²) in [7, 11) is 0. The number of alkyl halides is 4. The number of benzene rings is 1. The van der Waals surface area contributed by atoms with Gasteiger partial charge in [0.15, 0.2) is 0 Å². The molecule has 1 atom stereocenters. The zero-order valence-electron chi connectivity index (χ0n) is 14.1. The van der Waals surface area contributed by atoms with Gasteiger partial charge in [-0.15, -0.1) is 0 Å². The molecule has 0 unspecified atom stereocenters. The van der Waals surface area contributed by atoms with E-state index in [1.54, 1.807) is 0 Å². The number of aliphatic hydroxyl groups is 1. The third-order valence-corrected chi connectivity index (χ3v) is 4.28. The Hall–Kier alpha value is -1.87. The van der Waals surface area contributed by atoms with Gasteiger partial charge in [0.05, 0.1) is 12.2 Å². The van der Waals surface area contributed by atoms with Crippen LogP contribution in [0.4, 0.5) is 17.6 Å². The molecule has 1 aromatic carbocycles. The predicted octanol–water partition coefficient (Wildman–Crippen LogP) is 2.50. The highest BCUT2D eigenvalue weighted by molar-refractivity contribution is 5.96. The maximum absolute atomic E-state index is 13.1. The van der Waals surface area contributed by atoms with Crippen LogP contribution in [0.3, 0.4) is 0 Å². The van der Waals surface area contributed by atoms with Gasteiger partial charge in [-0.25, -0.2) is 0 Å². The van der Waals surface area contributed by atoms with Gasteiger partial charge in [0, 0.05) is 19.1 Å². The second-order valence-electron chi connectivity index (χ2n) is 6.08. The van der Waals surface area contributed by atoms with Crippen LogP contribution in [0.25, 0.3) is 0 Å². The Morgan fingerprint density at radius 3 is 2.77 bits per heavy atom. The van der Waals surface area contributed by atoms with Crippen molar-refractivity contribution in [3.63, 3.8) is 0 Å². The van der Waals surface area contributed by atoms with Gasteiger partial charge >= 0.3 is 12.5 Å². The van der Waals surface area contributed by atoms with Crippen molar-refractivity contribution < 1.29 is 32.2 Å². The zero-order chi connectivity index (χ0) is 19.2. The van der Waals surface area contributed by atoms with Crippen LogP contribution < -0.4 is 10.1 Å². The van der Waals surface area contributed by atoms with E-state index in [2.05, 4.69) is 15.0 Å². The van der Waals surface area contributed by atoms with Crippen molar-refractivity contribution in [3.8, 4) is 5.75 Å². The molecule has 0 aliphatic carbocycles. The number of halogens is 4. The summed E-state index contributed by atoms with van der Waals surface area (Å²) in [6.45, 7) is 1.57. The summed E-state index contributed by atoms with van der Waals surface area (Å²) in [6, 6.07) is 5.05. The lowest BCUT2D eigenvalue weighted by atomic mass is 10.0. The molecule has 5 nitrogen and oxygen atoms in total. The lowest BCUT2D eigenvalue weighted by Crippen LogP contribution is -2.45. The fourth-order valence-corrected chi connectivity index (χ4v) is 2.90. The van der Waals surface area contributed by atoms with Crippen molar-refractivity contribution in [2.45, 2.75) is 37.8 Å². The Morgan fingerprint density at radius 2 is 2.08 bits per heavy atom. The quantitative estimate of drug-likeness (QED) is 0.683. The second kappa shape index (κ2) is 9.18. The largest absolute Gasteiger partial charge is 0.461 e. The van der Waals surface area contributed by atoms with Crippen molar-refractivity contribution in [2.24, 2.45) is 0 Å². The van der Waals surface area contributed by atoms with E-state index in [1.807, 2.05) is 0 Å². The fraction of sp³-hybridized carbons (Fsp3) is 0.588. The van der Waals surface area contributed by atoms with E-state index in [0.717, 1.165) is 31.9 Å². The van der Waals surface area contributed by atoms with E-state index < -0.39 is 24.2 Å². The summed E-state index contributed by atoms with van der Waals surface area (Å²) in [4.78, 5) is 14.3. The van der Waals surface area contributed by atoms with E-state index in [1.165, 1.54) is 18.2 Å². The molecular weight excluding hydrogens is 356 g/mol. The lowest BCUT2D eigenvalue weighted by molar-refractivity contribution is -0.253. The van der Waals surface area contributed by atoms with Crippen molar-refractivity contribution in [1.29, 1.82) is 0 Å². The molecule has 2 rings (SSSR count). The number of piperidine rings is 1. The van der Waals surface area contributed by atoms with Crippen LogP contribution in [0, 0.1) is 0 Å². The van der Waals surface area contributed by atoms with Crippen LogP contribution in [-0.2, 0) is 0 Å². The molecule has 1 saturated heterocycles. The van der Waals surface area contributed by atoms with Crippen molar-refractivity contribution in [1.82, 2.24) is 10.2 Å². The maximum Gasteiger partial charge on any atom is 0.461 e. The van der Waals surface area contributed by atoms with Gasteiger partial charge in [0.2, 0.25) is 0 Å². The minimum absolute atomic E-state index is 0.0351. The zero-order valence-corrected chi connectivity index (χ0v) is 14.1. The van der Waals surface area contributed by atoms with Gasteiger partial charge < -0.3 is 15.2 Å². The maximum atomic E-state index is 13.1. The first-order chi connectivity index (χ1) is 12.3. The highest BCUT2D eigenvalue weighted by Gasteiger charge is 2.44. The summed E-state index contributed by atoms with van der Waals surface area (Å²) in [5, 5.41) is 11.9. The van der Waals surface area contributed by atoms with E-state index in [9.17, 15) is 27.5 Å². The number of hydrogen-bond donors (Lipinski definition) is 2. The van der Waals surface area contributed by atoms with Crippen LogP contribution >= 0.6 is 0 Å². The van der Waals surface area contributed by atoms with Gasteiger partial charge in [-0.1, -0.05) is 18.6 Å². The molecule has 1 aliphatic heterocycles. The molecule has 0 spiro atoms. The Morgan fingerprint density at radius 1 is 1.35 bits per heavy atom. The number of para-hydroxylation sites is 1. The molecule has 0 radical (unpaired) electrons. The van der Waals surface area contributed by atoms with E-state index >= 15 is 0 Å². The predicted molar refractivity (Wildman–Crippen MR) is 86.7 cm³/mol. The van der Waals surface area contributed by atoms with Crippen LogP contribution in [0.5, 0.6) is 5.75 Å². The summed E-state index contributed by atoms with van der Waals surface area (Å²) in [5.41, 5.74) is -0.245. The number of rotatable bonds is 8. The van der Waals surface area contributed by atoms with Gasteiger partial charge in [-0.2, -0.15) is 17.6 Å². The molecule has 1 fully saturated rings. The Bertz CT molecular complexity index is 601. The van der Waals surface area contributed by atoms with E-state index in [4.69, 9.17) is 0 Å². The third kappa shape index (κ3) is 5.31. The minimum Gasteiger partial charge on any atom is -0.427 e. The number of ether oxygens (including phenoxy) is 1.